The zero-order valence-electron chi connectivity index (χ0n) is 28.6. The highest BCUT2D eigenvalue weighted by molar-refractivity contribution is 6.02. The van der Waals surface area contributed by atoms with Crippen molar-refractivity contribution in [1.29, 1.82) is 5.26 Å². The summed E-state index contributed by atoms with van der Waals surface area (Å²) >= 11 is 0. The smallest absolute Gasteiger partial charge is 0.405 e. The first-order chi connectivity index (χ1) is 22.4. The minimum atomic E-state index is -0.725. The number of anilines is 1. The lowest BCUT2D eigenvalue weighted by Gasteiger charge is -2.29. The fourth-order valence-corrected chi connectivity index (χ4v) is 4.66. The van der Waals surface area contributed by atoms with Gasteiger partial charge in [0.2, 0.25) is 0 Å². The quantitative estimate of drug-likeness (QED) is 0.106. The Balaban J connectivity index is 0.000000849. The van der Waals surface area contributed by atoms with E-state index in [9.17, 15) is 19.6 Å². The third-order valence-corrected chi connectivity index (χ3v) is 7.26. The third-order valence-electron chi connectivity index (χ3n) is 7.26. The van der Waals surface area contributed by atoms with Gasteiger partial charge in [-0.2, -0.15) is 5.26 Å². The molecule has 1 heterocycles. The number of nitrogens with two attached hydrogens (primary N) is 1. The van der Waals surface area contributed by atoms with Crippen LogP contribution in [0.2, 0.25) is 0 Å². The van der Waals surface area contributed by atoms with Crippen LogP contribution in [0.1, 0.15) is 72.3 Å². The van der Waals surface area contributed by atoms with Gasteiger partial charge in [-0.3, -0.25) is 9.59 Å². The molecule has 3 N–H and O–H groups in total. The molecule has 2 aromatic rings. The van der Waals surface area contributed by atoms with E-state index < -0.39 is 17.6 Å². The molecular weight excluding hydrogens is 600 g/mol. The van der Waals surface area contributed by atoms with Gasteiger partial charge < -0.3 is 34.9 Å². The van der Waals surface area contributed by atoms with E-state index in [2.05, 4.69) is 33.2 Å². The van der Waals surface area contributed by atoms with Crippen LogP contribution in [-0.4, -0.2) is 76.2 Å². The number of nitrogens with zero attached hydrogens (tertiary/aromatic N) is 2. The number of esters is 1. The first kappa shape index (κ1) is 39.0. The maximum atomic E-state index is 12.5. The summed E-state index contributed by atoms with van der Waals surface area (Å²) in [5.41, 5.74) is 6.36. The molecule has 1 atom stereocenters. The summed E-state index contributed by atoms with van der Waals surface area (Å²) in [6.45, 7) is 13.4. The first-order valence-corrected chi connectivity index (χ1v) is 16.4. The van der Waals surface area contributed by atoms with Crippen LogP contribution in [0.25, 0.3) is 16.8 Å². The van der Waals surface area contributed by atoms with Gasteiger partial charge in [-0.1, -0.05) is 38.5 Å². The molecule has 0 aliphatic carbocycles. The molecule has 1 saturated heterocycles. The molecule has 0 saturated carbocycles. The van der Waals surface area contributed by atoms with Crippen molar-refractivity contribution in [3.63, 3.8) is 0 Å². The van der Waals surface area contributed by atoms with Gasteiger partial charge in [-0.15, -0.1) is 0 Å². The van der Waals surface area contributed by atoms with Gasteiger partial charge in [0.1, 0.15) is 23.9 Å². The van der Waals surface area contributed by atoms with E-state index in [1.54, 1.807) is 26.8 Å². The summed E-state index contributed by atoms with van der Waals surface area (Å²) in [7, 11) is 0. The van der Waals surface area contributed by atoms with E-state index >= 15 is 0 Å². The predicted molar refractivity (Wildman–Crippen MR) is 184 cm³/mol. The van der Waals surface area contributed by atoms with Gasteiger partial charge in [0.05, 0.1) is 26.4 Å². The number of benzene rings is 2. The number of fused-ring (bicyclic) bond motifs is 1. The Kier molecular flexibility index (Phi) is 17.3. The van der Waals surface area contributed by atoms with Crippen LogP contribution in [0, 0.1) is 17.2 Å². The molecule has 0 spiro atoms. The van der Waals surface area contributed by atoms with E-state index in [-0.39, 0.29) is 24.7 Å². The Bertz CT molecular complexity index is 1360. The molecule has 0 aromatic heterocycles. The molecule has 2 amide bonds. The summed E-state index contributed by atoms with van der Waals surface area (Å²) in [6.07, 6.45) is 6.03. The topological polar surface area (TPSA) is 153 Å². The second kappa shape index (κ2) is 20.9. The van der Waals surface area contributed by atoms with Gasteiger partial charge in [0.25, 0.3) is 5.91 Å². The van der Waals surface area contributed by atoms with E-state index in [1.165, 1.54) is 24.9 Å². The van der Waals surface area contributed by atoms with Crippen LogP contribution in [0.4, 0.5) is 10.5 Å². The molecule has 11 heteroatoms. The van der Waals surface area contributed by atoms with Crippen molar-refractivity contribution < 1.29 is 33.3 Å². The maximum absolute atomic E-state index is 12.5. The SMILES string of the molecule is CC(C)(C)OC(N)=O.CCC(C)CC(=O)OCCOCCOCCNC(=O)/C(C#N)=C/c1ccc2cc(N3CCCCC3)ccc2c1. The van der Waals surface area contributed by atoms with Crippen LogP contribution in [0.15, 0.2) is 42.0 Å². The van der Waals surface area contributed by atoms with Crippen LogP contribution in [0.3, 0.4) is 0 Å². The van der Waals surface area contributed by atoms with Crippen molar-refractivity contribution in [2.75, 3.05) is 57.6 Å². The number of amides is 2. The second-order valence-electron chi connectivity index (χ2n) is 12.5. The van der Waals surface area contributed by atoms with Crippen LogP contribution < -0.4 is 16.0 Å². The predicted octanol–water partition coefficient (Wildman–Crippen LogP) is 5.75. The number of piperidine rings is 1. The molecule has 1 unspecified atom stereocenters. The van der Waals surface area contributed by atoms with Crippen LogP contribution in [0.5, 0.6) is 0 Å². The zero-order chi connectivity index (χ0) is 34.7. The molecule has 47 heavy (non-hydrogen) atoms. The lowest BCUT2D eigenvalue weighted by molar-refractivity contribution is -0.146. The minimum Gasteiger partial charge on any atom is -0.463 e. The average Bonchev–Trinajstić information content (AvgIpc) is 3.03. The van der Waals surface area contributed by atoms with Crippen molar-refractivity contribution >= 4 is 40.5 Å². The van der Waals surface area contributed by atoms with Gasteiger partial charge in [0.15, 0.2) is 0 Å². The fourth-order valence-electron chi connectivity index (χ4n) is 4.66. The molecule has 3 rings (SSSR count). The number of nitriles is 1. The van der Waals surface area contributed by atoms with E-state index in [4.69, 9.17) is 19.9 Å². The third kappa shape index (κ3) is 16.3. The van der Waals surface area contributed by atoms with Crippen molar-refractivity contribution in [2.24, 2.45) is 11.7 Å². The molecule has 1 aliphatic heterocycles. The summed E-state index contributed by atoms with van der Waals surface area (Å²) in [5, 5.41) is 14.5. The van der Waals surface area contributed by atoms with Gasteiger partial charge in [-0.05, 0) is 86.6 Å². The standard InChI is InChI=1S/C31H41N3O5.C5H11NO2/c1-3-24(2)19-30(35)39-18-17-38-16-15-37-14-11-33-31(36)28(23-32)21-25-7-8-27-22-29(10-9-26(27)20-25)34-12-5-4-6-13-34;1-5(2,3)8-4(6)7/h7-10,20-22,24H,3-6,11-19H2,1-2H3,(H,33,36);1-3H3,(H2,6,7)/b28-21+;. The molecular formula is C36H52N4O7. The van der Waals surface area contributed by atoms with Crippen molar-refractivity contribution in [3.05, 3.63) is 47.5 Å². The number of nitrogens with one attached hydrogen (secondary N) is 1. The fraction of sp³-hybridized carbons (Fsp3) is 0.556. The largest absolute Gasteiger partial charge is 0.463 e. The zero-order valence-corrected chi connectivity index (χ0v) is 28.6. The number of carbonyl (C=O) groups excluding carboxylic acids is 3. The summed E-state index contributed by atoms with van der Waals surface area (Å²) < 4.78 is 20.5. The van der Waals surface area contributed by atoms with Gasteiger partial charge in [-0.25, -0.2) is 4.79 Å². The summed E-state index contributed by atoms with van der Waals surface area (Å²) in [6, 6.07) is 14.4. The Morgan fingerprint density at radius 3 is 2.23 bits per heavy atom. The Hall–Kier alpha value is -4.14. The number of rotatable bonds is 15. The average molecular weight is 653 g/mol. The lowest BCUT2D eigenvalue weighted by Crippen LogP contribution is -2.29. The normalized spacial score (nSPS) is 14.0. The first-order valence-electron chi connectivity index (χ1n) is 16.4. The molecule has 2 aromatic carbocycles. The van der Waals surface area contributed by atoms with Crippen molar-refractivity contribution in [3.8, 4) is 6.07 Å². The van der Waals surface area contributed by atoms with Crippen LogP contribution >= 0.6 is 0 Å². The Labute approximate surface area is 279 Å². The van der Waals surface area contributed by atoms with Gasteiger partial charge >= 0.3 is 12.1 Å². The molecule has 0 bridgehead atoms. The summed E-state index contributed by atoms with van der Waals surface area (Å²) in [5.74, 6) is -0.311. The highest BCUT2D eigenvalue weighted by Crippen LogP contribution is 2.26. The van der Waals surface area contributed by atoms with Crippen molar-refractivity contribution in [2.45, 2.75) is 72.3 Å². The highest BCUT2D eigenvalue weighted by atomic mass is 16.6. The molecule has 0 radical (unpaired) electrons. The summed E-state index contributed by atoms with van der Waals surface area (Å²) in [4.78, 5) is 36.5. The minimum absolute atomic E-state index is 0.0468. The van der Waals surface area contributed by atoms with Crippen molar-refractivity contribution in [1.82, 2.24) is 5.32 Å². The monoisotopic (exact) mass is 652 g/mol. The number of hydrogen-bond donors (Lipinski definition) is 2. The number of primary amides is 1. The Morgan fingerprint density at radius 2 is 1.62 bits per heavy atom. The number of carbonyl (C=O) groups is 3. The molecule has 1 fully saturated rings. The highest BCUT2D eigenvalue weighted by Gasteiger charge is 2.13. The number of hydrogen-bond acceptors (Lipinski definition) is 9. The van der Waals surface area contributed by atoms with Crippen LogP contribution in [-0.2, 0) is 28.5 Å². The lowest BCUT2D eigenvalue weighted by atomic mass is 10.0. The van der Waals surface area contributed by atoms with Gasteiger partial charge in [0, 0.05) is 31.7 Å². The van der Waals surface area contributed by atoms with E-state index in [1.807, 2.05) is 38.1 Å². The maximum Gasteiger partial charge on any atom is 0.405 e. The molecule has 11 nitrogen and oxygen atoms in total. The number of ether oxygens (including phenoxy) is 4. The second-order valence-corrected chi connectivity index (χ2v) is 12.5. The van der Waals surface area contributed by atoms with E-state index in [0.29, 0.717) is 38.8 Å². The van der Waals surface area contributed by atoms with E-state index in [0.717, 1.165) is 35.8 Å². The molecule has 258 valence electrons. The molecule has 1 aliphatic rings. The Morgan fingerprint density at radius 1 is 0.979 bits per heavy atom.